The molecular formula is C15H20ClNO3. The number of likely N-dealkylation sites (tertiary alicyclic amines) is 1. The smallest absolute Gasteiger partial charge is 0.303 e. The molecule has 1 N–H and O–H groups in total. The number of rotatable bonds is 6. The van der Waals surface area contributed by atoms with Crippen molar-refractivity contribution in [1.29, 1.82) is 0 Å². The number of carboxylic acid groups (broad SMARTS) is 1. The number of ether oxygens (including phenoxy) is 1. The number of para-hydroxylation sites is 1. The molecule has 1 aliphatic rings. The average molecular weight is 298 g/mol. The van der Waals surface area contributed by atoms with E-state index in [4.69, 9.17) is 21.4 Å². The number of carboxylic acids is 1. The molecule has 1 fully saturated rings. The minimum Gasteiger partial charge on any atom is -0.491 e. The van der Waals surface area contributed by atoms with Crippen molar-refractivity contribution in [2.75, 3.05) is 26.2 Å². The molecule has 0 amide bonds. The van der Waals surface area contributed by atoms with Gasteiger partial charge in [0.15, 0.2) is 0 Å². The number of benzene rings is 1. The van der Waals surface area contributed by atoms with Gasteiger partial charge < -0.3 is 9.84 Å². The van der Waals surface area contributed by atoms with Crippen molar-refractivity contribution in [1.82, 2.24) is 4.90 Å². The molecule has 1 atom stereocenters. The number of halogens is 1. The Morgan fingerprint density at radius 2 is 2.25 bits per heavy atom. The third-order valence-electron chi connectivity index (χ3n) is 3.57. The van der Waals surface area contributed by atoms with Crippen molar-refractivity contribution >= 4 is 17.6 Å². The standard InChI is InChI=1S/C15H20ClNO3/c16-13-5-1-2-6-14(13)20-9-8-17-7-3-4-12(11-17)10-15(18)19/h1-2,5-6,12H,3-4,7-11H2,(H,18,19). The quantitative estimate of drug-likeness (QED) is 0.877. The minimum absolute atomic E-state index is 0.265. The van der Waals surface area contributed by atoms with Crippen LogP contribution in [0.15, 0.2) is 24.3 Å². The second kappa shape index (κ2) is 7.50. The number of piperidine rings is 1. The first kappa shape index (κ1) is 15.1. The van der Waals surface area contributed by atoms with Gasteiger partial charge in [-0.05, 0) is 37.4 Å². The van der Waals surface area contributed by atoms with E-state index in [1.54, 1.807) is 6.07 Å². The summed E-state index contributed by atoms with van der Waals surface area (Å²) in [6.07, 6.45) is 2.33. The largest absolute Gasteiger partial charge is 0.491 e. The highest BCUT2D eigenvalue weighted by Crippen LogP contribution is 2.23. The second-order valence-electron chi connectivity index (χ2n) is 5.19. The Morgan fingerprint density at radius 1 is 1.45 bits per heavy atom. The fourth-order valence-corrected chi connectivity index (χ4v) is 2.80. The van der Waals surface area contributed by atoms with Crippen molar-refractivity contribution in [2.45, 2.75) is 19.3 Å². The predicted octanol–water partition coefficient (Wildman–Crippen LogP) is 2.91. The lowest BCUT2D eigenvalue weighted by molar-refractivity contribution is -0.138. The van der Waals surface area contributed by atoms with Gasteiger partial charge in [0.1, 0.15) is 12.4 Å². The third kappa shape index (κ3) is 4.69. The zero-order chi connectivity index (χ0) is 14.4. The highest BCUT2D eigenvalue weighted by atomic mass is 35.5. The van der Waals surface area contributed by atoms with E-state index < -0.39 is 5.97 Å². The van der Waals surface area contributed by atoms with Crippen molar-refractivity contribution in [2.24, 2.45) is 5.92 Å². The molecule has 0 aliphatic carbocycles. The van der Waals surface area contributed by atoms with Crippen LogP contribution in [-0.2, 0) is 4.79 Å². The van der Waals surface area contributed by atoms with Gasteiger partial charge in [0.25, 0.3) is 0 Å². The summed E-state index contributed by atoms with van der Waals surface area (Å²) in [5.41, 5.74) is 0. The monoisotopic (exact) mass is 297 g/mol. The Labute approximate surface area is 124 Å². The summed E-state index contributed by atoms with van der Waals surface area (Å²) >= 11 is 6.02. The van der Waals surface area contributed by atoms with E-state index in [1.807, 2.05) is 18.2 Å². The fraction of sp³-hybridized carbons (Fsp3) is 0.533. The van der Waals surface area contributed by atoms with Gasteiger partial charge in [0, 0.05) is 19.5 Å². The second-order valence-corrected chi connectivity index (χ2v) is 5.59. The van der Waals surface area contributed by atoms with Gasteiger partial charge in [-0.1, -0.05) is 23.7 Å². The lowest BCUT2D eigenvalue weighted by atomic mass is 9.95. The molecule has 110 valence electrons. The average Bonchev–Trinajstić information content (AvgIpc) is 2.41. The van der Waals surface area contributed by atoms with Crippen molar-refractivity contribution in [3.63, 3.8) is 0 Å². The van der Waals surface area contributed by atoms with Gasteiger partial charge in [-0.25, -0.2) is 0 Å². The summed E-state index contributed by atoms with van der Waals surface area (Å²) in [5, 5.41) is 9.47. The molecule has 0 aromatic heterocycles. The molecule has 5 heteroatoms. The molecule has 0 spiro atoms. The van der Waals surface area contributed by atoms with E-state index in [2.05, 4.69) is 4.90 Å². The third-order valence-corrected chi connectivity index (χ3v) is 3.88. The van der Waals surface area contributed by atoms with E-state index >= 15 is 0 Å². The molecule has 4 nitrogen and oxygen atoms in total. The van der Waals surface area contributed by atoms with E-state index in [1.165, 1.54) is 0 Å². The molecule has 1 unspecified atom stereocenters. The normalized spacial score (nSPS) is 19.8. The van der Waals surface area contributed by atoms with E-state index in [0.717, 1.165) is 32.5 Å². The lowest BCUT2D eigenvalue weighted by Gasteiger charge is -2.31. The van der Waals surface area contributed by atoms with E-state index in [0.29, 0.717) is 17.4 Å². The molecule has 1 heterocycles. The van der Waals surface area contributed by atoms with Gasteiger partial charge in [-0.2, -0.15) is 0 Å². The van der Waals surface area contributed by atoms with Crippen LogP contribution in [0.3, 0.4) is 0 Å². The Hall–Kier alpha value is -1.26. The van der Waals surface area contributed by atoms with Gasteiger partial charge in [0.2, 0.25) is 0 Å². The highest BCUT2D eigenvalue weighted by molar-refractivity contribution is 6.32. The maximum Gasteiger partial charge on any atom is 0.303 e. The van der Waals surface area contributed by atoms with Crippen LogP contribution in [0.4, 0.5) is 0 Å². The van der Waals surface area contributed by atoms with Crippen LogP contribution in [0.2, 0.25) is 5.02 Å². The molecule has 1 aromatic carbocycles. The molecule has 2 rings (SSSR count). The number of nitrogens with zero attached hydrogens (tertiary/aromatic N) is 1. The number of hydrogen-bond acceptors (Lipinski definition) is 3. The summed E-state index contributed by atoms with van der Waals surface area (Å²) in [6.45, 7) is 3.24. The van der Waals surface area contributed by atoms with Gasteiger partial charge in [-0.3, -0.25) is 9.69 Å². The van der Waals surface area contributed by atoms with Crippen LogP contribution in [0, 0.1) is 5.92 Å². The Kier molecular flexibility index (Phi) is 5.68. The first-order valence-electron chi connectivity index (χ1n) is 6.96. The Morgan fingerprint density at radius 3 is 3.00 bits per heavy atom. The lowest BCUT2D eigenvalue weighted by Crippen LogP contribution is -2.38. The van der Waals surface area contributed by atoms with Crippen molar-refractivity contribution in [3.8, 4) is 5.75 Å². The SMILES string of the molecule is O=C(O)CC1CCCN(CCOc2ccccc2Cl)C1. The summed E-state index contributed by atoms with van der Waals surface area (Å²) in [7, 11) is 0. The van der Waals surface area contributed by atoms with Crippen LogP contribution in [0.1, 0.15) is 19.3 Å². The minimum atomic E-state index is -0.704. The van der Waals surface area contributed by atoms with Crippen LogP contribution >= 0.6 is 11.6 Å². The predicted molar refractivity (Wildman–Crippen MR) is 78.4 cm³/mol. The topological polar surface area (TPSA) is 49.8 Å². The number of carbonyl (C=O) groups is 1. The molecule has 1 aromatic rings. The highest BCUT2D eigenvalue weighted by Gasteiger charge is 2.21. The molecule has 20 heavy (non-hydrogen) atoms. The first-order valence-corrected chi connectivity index (χ1v) is 7.34. The molecule has 1 saturated heterocycles. The summed E-state index contributed by atoms with van der Waals surface area (Å²) in [5.74, 6) is 0.263. The summed E-state index contributed by atoms with van der Waals surface area (Å²) < 4.78 is 5.67. The number of hydrogen-bond donors (Lipinski definition) is 1. The van der Waals surface area contributed by atoms with Crippen molar-refractivity contribution in [3.05, 3.63) is 29.3 Å². The number of aliphatic carboxylic acids is 1. The van der Waals surface area contributed by atoms with Crippen LogP contribution < -0.4 is 4.74 Å². The van der Waals surface area contributed by atoms with Gasteiger partial charge in [-0.15, -0.1) is 0 Å². The summed E-state index contributed by atoms with van der Waals surface area (Å²) in [6, 6.07) is 7.42. The van der Waals surface area contributed by atoms with E-state index in [-0.39, 0.29) is 12.3 Å². The molecular weight excluding hydrogens is 278 g/mol. The first-order chi connectivity index (χ1) is 9.65. The zero-order valence-electron chi connectivity index (χ0n) is 11.4. The molecule has 0 radical (unpaired) electrons. The fourth-order valence-electron chi connectivity index (χ4n) is 2.61. The van der Waals surface area contributed by atoms with Crippen LogP contribution in [0.25, 0.3) is 0 Å². The molecule has 0 bridgehead atoms. The maximum atomic E-state index is 10.8. The zero-order valence-corrected chi connectivity index (χ0v) is 12.2. The van der Waals surface area contributed by atoms with E-state index in [9.17, 15) is 4.79 Å². The molecule has 1 aliphatic heterocycles. The Bertz CT molecular complexity index is 452. The Balaban J connectivity index is 1.74. The van der Waals surface area contributed by atoms with Crippen LogP contribution in [-0.4, -0.2) is 42.2 Å². The van der Waals surface area contributed by atoms with Gasteiger partial charge in [0.05, 0.1) is 5.02 Å². The van der Waals surface area contributed by atoms with Crippen molar-refractivity contribution < 1.29 is 14.6 Å². The maximum absolute atomic E-state index is 10.8. The molecule has 0 saturated carbocycles. The van der Waals surface area contributed by atoms with Crippen LogP contribution in [0.5, 0.6) is 5.75 Å². The summed E-state index contributed by atoms with van der Waals surface area (Å²) in [4.78, 5) is 13.0. The van der Waals surface area contributed by atoms with Gasteiger partial charge >= 0.3 is 5.97 Å².